The Labute approximate surface area is 126 Å². The molecule has 0 aromatic heterocycles. The molecule has 0 fully saturated rings. The van der Waals surface area contributed by atoms with Gasteiger partial charge in [0.2, 0.25) is 5.91 Å². The first-order chi connectivity index (χ1) is 10.5. The molecule has 0 saturated carbocycles. The lowest BCUT2D eigenvalue weighted by atomic mass is 9.80. The zero-order valence-corrected chi connectivity index (χ0v) is 11.6. The number of carbonyl (C=O) groups excluding carboxylic acids is 2. The number of para-hydroxylation sites is 1. The highest BCUT2D eigenvalue weighted by Gasteiger charge is 2.47. The minimum atomic E-state index is -3.19. The van der Waals surface area contributed by atoms with E-state index in [1.54, 1.807) is 30.3 Å². The molecule has 1 unspecified atom stereocenters. The first-order valence-electron chi connectivity index (χ1n) is 6.86. The van der Waals surface area contributed by atoms with E-state index < -0.39 is 30.0 Å². The average Bonchev–Trinajstić information content (AvgIpc) is 2.52. The molecule has 1 N–H and O–H groups in total. The van der Waals surface area contributed by atoms with Crippen LogP contribution >= 0.6 is 0 Å². The number of alkyl halides is 2. The summed E-state index contributed by atoms with van der Waals surface area (Å²) in [6.07, 6.45) is -0.804. The summed E-state index contributed by atoms with van der Waals surface area (Å²) in [5, 5.41) is 2.52. The molecule has 112 valence electrons. The predicted molar refractivity (Wildman–Crippen MR) is 77.8 cm³/mol. The first-order valence-corrected chi connectivity index (χ1v) is 6.86. The minimum absolute atomic E-state index is 0.0769. The number of hydrogen-bond donors (Lipinski definition) is 1. The van der Waals surface area contributed by atoms with Gasteiger partial charge in [-0.3, -0.25) is 9.59 Å². The molecule has 1 amide bonds. The molecule has 22 heavy (non-hydrogen) atoms. The fourth-order valence-corrected chi connectivity index (χ4v) is 2.63. The van der Waals surface area contributed by atoms with Gasteiger partial charge in [0.1, 0.15) is 5.92 Å². The Morgan fingerprint density at radius 2 is 1.68 bits per heavy atom. The number of ketones is 1. The molecule has 5 heteroatoms. The lowest BCUT2D eigenvalue weighted by Crippen LogP contribution is -2.39. The quantitative estimate of drug-likeness (QED) is 0.861. The fraction of sp³-hybridized carbons (Fsp3) is 0.176. The van der Waals surface area contributed by atoms with Crippen LogP contribution in [0.2, 0.25) is 0 Å². The van der Waals surface area contributed by atoms with Crippen LogP contribution in [-0.4, -0.2) is 11.7 Å². The lowest BCUT2D eigenvalue weighted by molar-refractivity contribution is -0.122. The molecule has 0 spiro atoms. The third-order valence-corrected chi connectivity index (χ3v) is 3.72. The van der Waals surface area contributed by atoms with Gasteiger partial charge in [0.25, 0.3) is 5.92 Å². The molecule has 1 atom stereocenters. The second kappa shape index (κ2) is 5.33. The largest absolute Gasteiger partial charge is 0.325 e. The van der Waals surface area contributed by atoms with Crippen molar-refractivity contribution in [2.24, 2.45) is 5.92 Å². The number of benzene rings is 2. The normalized spacial score (nSPS) is 19.4. The lowest BCUT2D eigenvalue weighted by Gasteiger charge is -2.29. The molecule has 0 bridgehead atoms. The zero-order valence-electron chi connectivity index (χ0n) is 11.6. The third kappa shape index (κ3) is 2.50. The number of rotatable bonds is 2. The Hall–Kier alpha value is -2.56. The maximum Gasteiger partial charge on any atom is 0.275 e. The van der Waals surface area contributed by atoms with Crippen LogP contribution in [0.4, 0.5) is 14.5 Å². The van der Waals surface area contributed by atoms with E-state index in [1.165, 1.54) is 24.3 Å². The summed E-state index contributed by atoms with van der Waals surface area (Å²) in [4.78, 5) is 24.6. The van der Waals surface area contributed by atoms with Crippen LogP contribution in [0.25, 0.3) is 0 Å². The summed E-state index contributed by atoms with van der Waals surface area (Å²) in [5.41, 5.74) is 0.0956. The van der Waals surface area contributed by atoms with Crippen LogP contribution in [-0.2, 0) is 10.7 Å². The Morgan fingerprint density at radius 1 is 1.05 bits per heavy atom. The maximum atomic E-state index is 14.2. The van der Waals surface area contributed by atoms with E-state index in [0.717, 1.165) is 0 Å². The predicted octanol–water partition coefficient (Wildman–Crippen LogP) is 3.62. The molecule has 1 aliphatic rings. The zero-order chi connectivity index (χ0) is 15.7. The van der Waals surface area contributed by atoms with Crippen molar-refractivity contribution in [2.45, 2.75) is 12.3 Å². The van der Waals surface area contributed by atoms with Crippen molar-refractivity contribution < 1.29 is 18.4 Å². The molecule has 0 radical (unpaired) electrons. The highest BCUT2D eigenvalue weighted by atomic mass is 19.3. The van der Waals surface area contributed by atoms with E-state index in [2.05, 4.69) is 5.32 Å². The molecule has 0 heterocycles. The number of Topliss-reactive ketones (excluding diaryl/α,β-unsaturated/α-hetero) is 1. The average molecular weight is 301 g/mol. The molecule has 2 aromatic carbocycles. The Kier molecular flexibility index (Phi) is 3.48. The minimum Gasteiger partial charge on any atom is -0.325 e. The van der Waals surface area contributed by atoms with Crippen LogP contribution < -0.4 is 5.32 Å². The van der Waals surface area contributed by atoms with Gasteiger partial charge in [-0.15, -0.1) is 0 Å². The number of nitrogens with one attached hydrogen (secondary N) is 1. The van der Waals surface area contributed by atoms with E-state index in [-0.39, 0.29) is 11.1 Å². The summed E-state index contributed by atoms with van der Waals surface area (Å²) in [7, 11) is 0. The summed E-state index contributed by atoms with van der Waals surface area (Å²) < 4.78 is 28.4. The Morgan fingerprint density at radius 3 is 2.41 bits per heavy atom. The van der Waals surface area contributed by atoms with Gasteiger partial charge in [-0.1, -0.05) is 42.5 Å². The van der Waals surface area contributed by atoms with E-state index in [9.17, 15) is 18.4 Å². The Balaban J connectivity index is 1.90. The van der Waals surface area contributed by atoms with E-state index in [1.807, 2.05) is 0 Å². The smallest absolute Gasteiger partial charge is 0.275 e. The monoisotopic (exact) mass is 301 g/mol. The molecule has 3 nitrogen and oxygen atoms in total. The number of carbonyl (C=O) groups is 2. The number of anilines is 1. The topological polar surface area (TPSA) is 46.2 Å². The van der Waals surface area contributed by atoms with Crippen LogP contribution in [0.1, 0.15) is 22.3 Å². The van der Waals surface area contributed by atoms with Gasteiger partial charge >= 0.3 is 0 Å². The fourth-order valence-electron chi connectivity index (χ4n) is 2.63. The Bertz CT molecular complexity index is 728. The van der Waals surface area contributed by atoms with Gasteiger partial charge in [0.05, 0.1) is 0 Å². The van der Waals surface area contributed by atoms with Gasteiger partial charge in [-0.05, 0) is 12.1 Å². The molecular weight excluding hydrogens is 288 g/mol. The first kappa shape index (κ1) is 14.4. The second-order valence-electron chi connectivity index (χ2n) is 5.23. The van der Waals surface area contributed by atoms with E-state index in [0.29, 0.717) is 5.69 Å². The molecular formula is C17H13F2NO2. The van der Waals surface area contributed by atoms with E-state index in [4.69, 9.17) is 0 Å². The van der Waals surface area contributed by atoms with Crippen molar-refractivity contribution >= 4 is 17.4 Å². The summed E-state index contributed by atoms with van der Waals surface area (Å²) in [6.45, 7) is 0. The second-order valence-corrected chi connectivity index (χ2v) is 5.23. The van der Waals surface area contributed by atoms with Crippen molar-refractivity contribution in [2.75, 3.05) is 5.32 Å². The SMILES string of the molecule is O=C(Nc1ccccc1)C1CC(F)(F)c2ccccc2C1=O. The molecule has 0 aliphatic heterocycles. The number of hydrogen-bond acceptors (Lipinski definition) is 2. The molecule has 3 rings (SSSR count). The van der Waals surface area contributed by atoms with Crippen molar-refractivity contribution in [3.8, 4) is 0 Å². The van der Waals surface area contributed by atoms with Crippen molar-refractivity contribution in [1.29, 1.82) is 0 Å². The van der Waals surface area contributed by atoms with Gasteiger partial charge in [-0.25, -0.2) is 8.78 Å². The van der Waals surface area contributed by atoms with Gasteiger partial charge in [0, 0.05) is 23.2 Å². The van der Waals surface area contributed by atoms with Crippen molar-refractivity contribution in [3.05, 3.63) is 65.7 Å². The summed E-state index contributed by atoms with van der Waals surface area (Å²) in [6, 6.07) is 14.0. The summed E-state index contributed by atoms with van der Waals surface area (Å²) in [5.74, 6) is -5.84. The molecule has 2 aromatic rings. The van der Waals surface area contributed by atoms with Gasteiger partial charge < -0.3 is 5.32 Å². The van der Waals surface area contributed by atoms with Crippen molar-refractivity contribution in [1.82, 2.24) is 0 Å². The standard InChI is InChI=1S/C17H13F2NO2/c18-17(19)10-13(15(21)12-8-4-5-9-14(12)17)16(22)20-11-6-2-1-3-7-11/h1-9,13H,10H2,(H,20,22). The highest BCUT2D eigenvalue weighted by molar-refractivity contribution is 6.15. The van der Waals surface area contributed by atoms with Crippen molar-refractivity contribution in [3.63, 3.8) is 0 Å². The van der Waals surface area contributed by atoms with Crippen LogP contribution in [0, 0.1) is 5.92 Å². The number of fused-ring (bicyclic) bond motifs is 1. The molecule has 1 aliphatic carbocycles. The van der Waals surface area contributed by atoms with Crippen LogP contribution in [0.15, 0.2) is 54.6 Å². The summed E-state index contributed by atoms with van der Waals surface area (Å²) >= 11 is 0. The van der Waals surface area contributed by atoms with Crippen LogP contribution in [0.3, 0.4) is 0 Å². The molecule has 0 saturated heterocycles. The van der Waals surface area contributed by atoms with E-state index >= 15 is 0 Å². The van der Waals surface area contributed by atoms with Crippen LogP contribution in [0.5, 0.6) is 0 Å². The number of halogens is 2. The number of amides is 1. The highest BCUT2D eigenvalue weighted by Crippen LogP contribution is 2.42. The van der Waals surface area contributed by atoms with Gasteiger partial charge in [-0.2, -0.15) is 0 Å². The third-order valence-electron chi connectivity index (χ3n) is 3.72. The van der Waals surface area contributed by atoms with Gasteiger partial charge in [0.15, 0.2) is 5.78 Å². The maximum absolute atomic E-state index is 14.2.